The third-order valence-electron chi connectivity index (χ3n) is 5.94. The second-order valence-corrected chi connectivity index (χ2v) is 9.43. The smallest absolute Gasteiger partial charge is 0.273 e. The number of carbonyl (C=O) groups is 1. The van der Waals surface area contributed by atoms with E-state index in [0.29, 0.717) is 37.3 Å². The second-order valence-electron chi connectivity index (χ2n) is 7.75. The number of benzene rings is 2. The number of para-hydroxylation sites is 1. The standard InChI is InChI=1S/C22H22N4O3S/c27-22(20-17-6-2-1-5-15(17)9-12-23-20)26-13-10-16(11-14-26)21-24-18-7-3-4-8-19(18)30(28,29)25-21/h1-9,12,16,21,24-25H,10-11,13-14H2/t21-/m0/s1. The highest BCUT2D eigenvalue weighted by atomic mass is 32.2. The highest BCUT2D eigenvalue weighted by Crippen LogP contribution is 2.31. The van der Waals surface area contributed by atoms with Crippen LogP contribution in [-0.2, 0) is 10.0 Å². The molecule has 2 aliphatic heterocycles. The molecule has 5 rings (SSSR count). The largest absolute Gasteiger partial charge is 0.368 e. The van der Waals surface area contributed by atoms with Crippen LogP contribution in [0.15, 0.2) is 65.7 Å². The topological polar surface area (TPSA) is 91.4 Å². The van der Waals surface area contributed by atoms with Crippen molar-refractivity contribution >= 4 is 32.4 Å². The summed E-state index contributed by atoms with van der Waals surface area (Å²) < 4.78 is 27.9. The average molecular weight is 423 g/mol. The van der Waals surface area contributed by atoms with E-state index in [0.717, 1.165) is 10.8 Å². The van der Waals surface area contributed by atoms with Crippen LogP contribution in [0.2, 0.25) is 0 Å². The predicted molar refractivity (Wildman–Crippen MR) is 115 cm³/mol. The van der Waals surface area contributed by atoms with Crippen molar-refractivity contribution < 1.29 is 13.2 Å². The summed E-state index contributed by atoms with van der Waals surface area (Å²) in [7, 11) is -3.54. The molecule has 0 aliphatic carbocycles. The number of nitrogens with zero attached hydrogens (tertiary/aromatic N) is 2. The van der Waals surface area contributed by atoms with Crippen molar-refractivity contribution in [2.45, 2.75) is 23.9 Å². The molecule has 2 N–H and O–H groups in total. The number of nitrogens with one attached hydrogen (secondary N) is 2. The molecule has 2 aromatic carbocycles. The van der Waals surface area contributed by atoms with Crippen molar-refractivity contribution in [3.63, 3.8) is 0 Å². The molecule has 8 heteroatoms. The summed E-state index contributed by atoms with van der Waals surface area (Å²) in [4.78, 5) is 19.5. The Bertz CT molecular complexity index is 1210. The van der Waals surface area contributed by atoms with Gasteiger partial charge in [-0.2, -0.15) is 4.72 Å². The number of amides is 1. The van der Waals surface area contributed by atoms with Crippen molar-refractivity contribution in [2.24, 2.45) is 5.92 Å². The number of carbonyl (C=O) groups excluding carboxylic acids is 1. The van der Waals surface area contributed by atoms with Gasteiger partial charge in [-0.3, -0.25) is 9.78 Å². The van der Waals surface area contributed by atoms with Crippen LogP contribution in [0.4, 0.5) is 5.69 Å². The molecule has 0 bridgehead atoms. The van der Waals surface area contributed by atoms with Crippen LogP contribution in [0.25, 0.3) is 10.8 Å². The minimum absolute atomic E-state index is 0.0761. The fourth-order valence-electron chi connectivity index (χ4n) is 4.34. The number of sulfonamides is 1. The molecule has 0 saturated carbocycles. The first-order valence-corrected chi connectivity index (χ1v) is 11.5. The van der Waals surface area contributed by atoms with Crippen molar-refractivity contribution in [3.05, 3.63) is 66.5 Å². The van der Waals surface area contributed by atoms with E-state index in [-0.39, 0.29) is 22.9 Å². The number of rotatable bonds is 2. The molecule has 1 saturated heterocycles. The van der Waals surface area contributed by atoms with Crippen LogP contribution in [-0.4, -0.2) is 43.5 Å². The summed E-state index contributed by atoms with van der Waals surface area (Å²) in [6.07, 6.45) is 2.70. The molecule has 0 radical (unpaired) electrons. The SMILES string of the molecule is O=C(c1nccc2ccccc12)N1CCC([C@H]2Nc3ccccc3S(=O)(=O)N2)CC1. The first-order chi connectivity index (χ1) is 14.5. The molecule has 0 unspecified atom stereocenters. The van der Waals surface area contributed by atoms with Gasteiger partial charge in [0.2, 0.25) is 10.0 Å². The monoisotopic (exact) mass is 422 g/mol. The molecule has 30 heavy (non-hydrogen) atoms. The molecule has 3 heterocycles. The molecule has 1 aromatic heterocycles. The average Bonchev–Trinajstić information content (AvgIpc) is 2.78. The summed E-state index contributed by atoms with van der Waals surface area (Å²) >= 11 is 0. The van der Waals surface area contributed by atoms with Gasteiger partial charge in [0.1, 0.15) is 10.6 Å². The second kappa shape index (κ2) is 7.37. The van der Waals surface area contributed by atoms with E-state index in [1.807, 2.05) is 41.3 Å². The van der Waals surface area contributed by atoms with Gasteiger partial charge < -0.3 is 10.2 Å². The van der Waals surface area contributed by atoms with E-state index in [1.165, 1.54) is 0 Å². The zero-order chi connectivity index (χ0) is 20.7. The lowest BCUT2D eigenvalue weighted by Crippen LogP contribution is -2.52. The Morgan fingerprint density at radius 1 is 1.00 bits per heavy atom. The fraction of sp³-hybridized carbons (Fsp3) is 0.273. The minimum atomic E-state index is -3.54. The molecule has 1 atom stereocenters. The highest BCUT2D eigenvalue weighted by molar-refractivity contribution is 7.89. The first kappa shape index (κ1) is 19.0. The van der Waals surface area contributed by atoms with Crippen molar-refractivity contribution in [2.75, 3.05) is 18.4 Å². The van der Waals surface area contributed by atoms with Gasteiger partial charge in [-0.05, 0) is 42.3 Å². The Balaban J connectivity index is 1.31. The zero-order valence-electron chi connectivity index (χ0n) is 16.3. The van der Waals surface area contributed by atoms with Crippen LogP contribution >= 0.6 is 0 Å². The maximum Gasteiger partial charge on any atom is 0.273 e. The fourth-order valence-corrected chi connectivity index (χ4v) is 5.72. The Morgan fingerprint density at radius 2 is 1.73 bits per heavy atom. The van der Waals surface area contributed by atoms with Gasteiger partial charge in [-0.15, -0.1) is 0 Å². The predicted octanol–water partition coefficient (Wildman–Crippen LogP) is 2.82. The first-order valence-electron chi connectivity index (χ1n) is 10.0. The normalized spacial score (nSPS) is 21.1. The van der Waals surface area contributed by atoms with Crippen molar-refractivity contribution in [1.82, 2.24) is 14.6 Å². The molecule has 3 aromatic rings. The third kappa shape index (κ3) is 3.32. The zero-order valence-corrected chi connectivity index (χ0v) is 17.1. The van der Waals surface area contributed by atoms with Crippen LogP contribution in [0, 0.1) is 5.92 Å². The minimum Gasteiger partial charge on any atom is -0.368 e. The van der Waals surface area contributed by atoms with E-state index in [9.17, 15) is 13.2 Å². The maximum absolute atomic E-state index is 13.1. The lowest BCUT2D eigenvalue weighted by atomic mass is 9.93. The van der Waals surface area contributed by atoms with E-state index in [1.54, 1.807) is 24.4 Å². The number of hydrogen-bond donors (Lipinski definition) is 2. The van der Waals surface area contributed by atoms with Gasteiger partial charge >= 0.3 is 0 Å². The van der Waals surface area contributed by atoms with E-state index >= 15 is 0 Å². The van der Waals surface area contributed by atoms with Crippen LogP contribution in [0.1, 0.15) is 23.3 Å². The quantitative estimate of drug-likeness (QED) is 0.663. The van der Waals surface area contributed by atoms with Gasteiger partial charge in [0.15, 0.2) is 0 Å². The number of pyridine rings is 1. The van der Waals surface area contributed by atoms with Gasteiger partial charge in [0.25, 0.3) is 5.91 Å². The van der Waals surface area contributed by atoms with Gasteiger partial charge in [-0.25, -0.2) is 8.42 Å². The third-order valence-corrected chi connectivity index (χ3v) is 7.44. The van der Waals surface area contributed by atoms with Crippen LogP contribution < -0.4 is 10.0 Å². The molecule has 7 nitrogen and oxygen atoms in total. The molecular weight excluding hydrogens is 400 g/mol. The maximum atomic E-state index is 13.1. The van der Waals surface area contributed by atoms with Crippen molar-refractivity contribution in [1.29, 1.82) is 0 Å². The highest BCUT2D eigenvalue weighted by Gasteiger charge is 2.36. The summed E-state index contributed by atoms with van der Waals surface area (Å²) in [5.41, 5.74) is 1.09. The summed E-state index contributed by atoms with van der Waals surface area (Å²) in [6.45, 7) is 1.13. The molecular formula is C22H22N4O3S. The number of piperidine rings is 1. The summed E-state index contributed by atoms with van der Waals surface area (Å²) in [6, 6.07) is 16.6. The molecule has 0 spiro atoms. The molecule has 154 valence electrons. The van der Waals surface area contributed by atoms with Gasteiger partial charge in [-0.1, -0.05) is 36.4 Å². The number of fused-ring (bicyclic) bond motifs is 2. The van der Waals surface area contributed by atoms with Crippen LogP contribution in [0.3, 0.4) is 0 Å². The molecule has 1 fully saturated rings. The van der Waals surface area contributed by atoms with E-state index < -0.39 is 10.0 Å². The number of likely N-dealkylation sites (tertiary alicyclic amines) is 1. The van der Waals surface area contributed by atoms with E-state index in [4.69, 9.17) is 0 Å². The van der Waals surface area contributed by atoms with Crippen molar-refractivity contribution in [3.8, 4) is 0 Å². The van der Waals surface area contributed by atoms with E-state index in [2.05, 4.69) is 15.0 Å². The molecule has 2 aliphatic rings. The van der Waals surface area contributed by atoms with Gasteiger partial charge in [0, 0.05) is 24.7 Å². The summed E-state index contributed by atoms with van der Waals surface area (Å²) in [5, 5.41) is 5.16. The Hall–Kier alpha value is -2.97. The number of anilines is 1. The number of hydrogen-bond acceptors (Lipinski definition) is 5. The lowest BCUT2D eigenvalue weighted by molar-refractivity contribution is 0.0675. The number of aromatic nitrogens is 1. The van der Waals surface area contributed by atoms with Gasteiger partial charge in [0.05, 0.1) is 11.9 Å². The lowest BCUT2D eigenvalue weighted by Gasteiger charge is -2.38. The van der Waals surface area contributed by atoms with Crippen LogP contribution in [0.5, 0.6) is 0 Å². The Labute approximate surface area is 175 Å². The Morgan fingerprint density at radius 3 is 2.57 bits per heavy atom. The Kier molecular flexibility index (Phi) is 4.67. The molecule has 1 amide bonds. The summed E-state index contributed by atoms with van der Waals surface area (Å²) in [5.74, 6) is 0.0189.